The molecule has 3 rings (SSSR count). The number of hydrogen-bond donors (Lipinski definition) is 2. The fraction of sp³-hybridized carbons (Fsp3) is 0.350. The zero-order valence-corrected chi connectivity index (χ0v) is 15.3. The van der Waals surface area contributed by atoms with Gasteiger partial charge in [0.2, 0.25) is 11.8 Å². The lowest BCUT2D eigenvalue weighted by molar-refractivity contribution is -0.128. The highest BCUT2D eigenvalue weighted by Gasteiger charge is 2.36. The molecule has 136 valence electrons. The number of carbonyl (C=O) groups excluding carboxylic acids is 2. The fourth-order valence-corrected chi connectivity index (χ4v) is 3.34. The normalized spacial score (nSPS) is 25.6. The molecule has 6 nitrogen and oxygen atoms in total. The van der Waals surface area contributed by atoms with E-state index in [4.69, 9.17) is 5.73 Å². The van der Waals surface area contributed by atoms with Crippen molar-refractivity contribution in [2.24, 2.45) is 10.7 Å². The number of allylic oxidation sites excluding steroid dienone is 3. The Hall–Kier alpha value is -2.89. The summed E-state index contributed by atoms with van der Waals surface area (Å²) in [5, 5.41) is 2.80. The first-order chi connectivity index (χ1) is 12.3. The predicted molar refractivity (Wildman–Crippen MR) is 101 cm³/mol. The maximum Gasteiger partial charge on any atom is 0.231 e. The molecule has 1 aliphatic carbocycles. The van der Waals surface area contributed by atoms with E-state index >= 15 is 0 Å². The minimum absolute atomic E-state index is 0.0363. The number of hydrogen-bond acceptors (Lipinski definition) is 4. The molecule has 0 spiro atoms. The summed E-state index contributed by atoms with van der Waals surface area (Å²) in [6.07, 6.45) is 7.14. The standard InChI is InChI=1S/C20H24N4O2/c1-13(25)22-17-9-7-14(8-10-17)15-5-4-6-16(11-15)20(2)12-18(26)24(3)19(21)23-20/h4-7,9-11,14H,8,12H2,1-3H3,(H2,21,23)(H,22,25). The maximum absolute atomic E-state index is 12.2. The van der Waals surface area contributed by atoms with Crippen molar-refractivity contribution in [3.63, 3.8) is 0 Å². The van der Waals surface area contributed by atoms with Gasteiger partial charge in [-0.1, -0.05) is 36.4 Å². The Morgan fingerprint density at radius 3 is 2.81 bits per heavy atom. The van der Waals surface area contributed by atoms with Crippen LogP contribution in [0.15, 0.2) is 53.2 Å². The number of nitrogens with zero attached hydrogens (tertiary/aromatic N) is 2. The smallest absolute Gasteiger partial charge is 0.231 e. The zero-order valence-electron chi connectivity index (χ0n) is 15.3. The van der Waals surface area contributed by atoms with Gasteiger partial charge in [-0.2, -0.15) is 0 Å². The minimum Gasteiger partial charge on any atom is -0.369 e. The van der Waals surface area contributed by atoms with Gasteiger partial charge >= 0.3 is 0 Å². The number of nitrogens with two attached hydrogens (primary N) is 1. The largest absolute Gasteiger partial charge is 0.369 e. The van der Waals surface area contributed by atoms with Crippen LogP contribution in [0.2, 0.25) is 0 Å². The summed E-state index contributed by atoms with van der Waals surface area (Å²) < 4.78 is 0. The number of aliphatic imine (C=N–C) groups is 1. The van der Waals surface area contributed by atoms with Crippen molar-refractivity contribution in [1.29, 1.82) is 0 Å². The quantitative estimate of drug-likeness (QED) is 0.874. The Kier molecular flexibility index (Phi) is 4.68. The van der Waals surface area contributed by atoms with E-state index in [9.17, 15) is 9.59 Å². The molecular weight excluding hydrogens is 328 g/mol. The summed E-state index contributed by atoms with van der Waals surface area (Å²) in [6.45, 7) is 3.44. The average molecular weight is 352 g/mol. The van der Waals surface area contributed by atoms with E-state index in [0.717, 1.165) is 23.2 Å². The Bertz CT molecular complexity index is 840. The highest BCUT2D eigenvalue weighted by Crippen LogP contribution is 2.35. The second kappa shape index (κ2) is 6.78. The van der Waals surface area contributed by atoms with Crippen LogP contribution in [-0.2, 0) is 15.1 Å². The van der Waals surface area contributed by atoms with Crippen LogP contribution in [0.25, 0.3) is 0 Å². The van der Waals surface area contributed by atoms with E-state index in [-0.39, 0.29) is 23.7 Å². The molecule has 2 unspecified atom stereocenters. The van der Waals surface area contributed by atoms with Gasteiger partial charge in [-0.3, -0.25) is 14.5 Å². The van der Waals surface area contributed by atoms with Crippen LogP contribution in [0.5, 0.6) is 0 Å². The van der Waals surface area contributed by atoms with Gasteiger partial charge < -0.3 is 11.1 Å². The second-order valence-corrected chi connectivity index (χ2v) is 7.04. The third-order valence-corrected chi connectivity index (χ3v) is 4.93. The van der Waals surface area contributed by atoms with Crippen LogP contribution in [-0.4, -0.2) is 29.7 Å². The molecule has 0 saturated carbocycles. The lowest BCUT2D eigenvalue weighted by atomic mass is 9.84. The molecule has 26 heavy (non-hydrogen) atoms. The van der Waals surface area contributed by atoms with Crippen LogP contribution in [0.4, 0.5) is 0 Å². The Morgan fingerprint density at radius 1 is 1.42 bits per heavy atom. The first-order valence-corrected chi connectivity index (χ1v) is 8.67. The minimum atomic E-state index is -0.654. The molecule has 2 amide bonds. The first kappa shape index (κ1) is 17.9. The van der Waals surface area contributed by atoms with Crippen LogP contribution < -0.4 is 11.1 Å². The topological polar surface area (TPSA) is 87.8 Å². The van der Waals surface area contributed by atoms with Crippen LogP contribution in [0.1, 0.15) is 43.7 Å². The molecule has 6 heteroatoms. The maximum atomic E-state index is 12.2. The lowest BCUT2D eigenvalue weighted by Crippen LogP contribution is -2.47. The molecule has 2 atom stereocenters. The van der Waals surface area contributed by atoms with Gasteiger partial charge in [0.15, 0.2) is 5.96 Å². The Balaban J connectivity index is 1.84. The van der Waals surface area contributed by atoms with Crippen molar-refractivity contribution in [3.05, 3.63) is 59.3 Å². The molecule has 0 aromatic heterocycles. The van der Waals surface area contributed by atoms with Crippen molar-refractivity contribution >= 4 is 17.8 Å². The monoisotopic (exact) mass is 352 g/mol. The van der Waals surface area contributed by atoms with Crippen molar-refractivity contribution in [2.45, 2.75) is 38.1 Å². The Morgan fingerprint density at radius 2 is 2.19 bits per heavy atom. The molecule has 3 N–H and O–H groups in total. The molecule has 1 aromatic carbocycles. The molecule has 1 aromatic rings. The van der Waals surface area contributed by atoms with Gasteiger partial charge in [0.05, 0.1) is 12.0 Å². The van der Waals surface area contributed by atoms with Gasteiger partial charge in [-0.15, -0.1) is 0 Å². The van der Waals surface area contributed by atoms with E-state index in [1.165, 1.54) is 11.8 Å². The molecule has 0 fully saturated rings. The van der Waals surface area contributed by atoms with E-state index in [0.29, 0.717) is 6.42 Å². The SMILES string of the molecule is CC(=O)NC1=CCC(c2cccc(C3(C)CC(=O)N(C)C(N)=N3)c2)C=C1. The number of guanidine groups is 1. The van der Waals surface area contributed by atoms with Gasteiger partial charge in [0, 0.05) is 25.6 Å². The fourth-order valence-electron chi connectivity index (χ4n) is 3.34. The molecule has 0 radical (unpaired) electrons. The number of benzene rings is 1. The summed E-state index contributed by atoms with van der Waals surface area (Å²) in [6, 6.07) is 8.15. The van der Waals surface area contributed by atoms with Crippen molar-refractivity contribution in [1.82, 2.24) is 10.2 Å². The number of carbonyl (C=O) groups is 2. The van der Waals surface area contributed by atoms with E-state index in [2.05, 4.69) is 28.5 Å². The summed E-state index contributed by atoms with van der Waals surface area (Å²) in [7, 11) is 1.64. The summed E-state index contributed by atoms with van der Waals surface area (Å²) >= 11 is 0. The van der Waals surface area contributed by atoms with Crippen LogP contribution in [0.3, 0.4) is 0 Å². The van der Waals surface area contributed by atoms with E-state index in [1.807, 2.05) is 31.2 Å². The predicted octanol–water partition coefficient (Wildman–Crippen LogP) is 2.14. The third kappa shape index (κ3) is 3.54. The molecular formula is C20H24N4O2. The zero-order chi connectivity index (χ0) is 18.9. The summed E-state index contributed by atoms with van der Waals surface area (Å²) in [4.78, 5) is 29.3. The number of nitrogens with one attached hydrogen (secondary N) is 1. The third-order valence-electron chi connectivity index (χ3n) is 4.93. The van der Waals surface area contributed by atoms with E-state index < -0.39 is 5.54 Å². The van der Waals surface area contributed by atoms with Gasteiger partial charge in [-0.25, -0.2) is 4.99 Å². The average Bonchev–Trinajstić information content (AvgIpc) is 2.60. The van der Waals surface area contributed by atoms with Gasteiger partial charge in [0.1, 0.15) is 0 Å². The lowest BCUT2D eigenvalue weighted by Gasteiger charge is -2.34. The number of rotatable bonds is 3. The second-order valence-electron chi connectivity index (χ2n) is 7.04. The summed E-state index contributed by atoms with van der Waals surface area (Å²) in [5.41, 5.74) is 8.22. The van der Waals surface area contributed by atoms with E-state index in [1.54, 1.807) is 7.05 Å². The Labute approximate surface area is 153 Å². The molecule has 0 bridgehead atoms. The highest BCUT2D eigenvalue weighted by atomic mass is 16.2. The van der Waals surface area contributed by atoms with Crippen molar-refractivity contribution in [3.8, 4) is 0 Å². The summed E-state index contributed by atoms with van der Waals surface area (Å²) in [5.74, 6) is 0.358. The van der Waals surface area contributed by atoms with Crippen LogP contribution in [0, 0.1) is 0 Å². The first-order valence-electron chi connectivity index (χ1n) is 8.67. The molecule has 1 aliphatic heterocycles. The van der Waals surface area contributed by atoms with Gasteiger partial charge in [0.25, 0.3) is 0 Å². The molecule has 2 aliphatic rings. The van der Waals surface area contributed by atoms with Crippen LogP contribution >= 0.6 is 0 Å². The molecule has 0 saturated heterocycles. The molecule has 1 heterocycles. The van der Waals surface area contributed by atoms with Crippen molar-refractivity contribution < 1.29 is 9.59 Å². The highest BCUT2D eigenvalue weighted by molar-refractivity contribution is 5.98. The number of amides is 2. The van der Waals surface area contributed by atoms with Crippen molar-refractivity contribution in [2.75, 3.05) is 7.05 Å². The van der Waals surface area contributed by atoms with Gasteiger partial charge in [-0.05, 0) is 30.5 Å².